The fourth-order valence-electron chi connectivity index (χ4n) is 8.40. The van der Waals surface area contributed by atoms with Crippen LogP contribution < -0.4 is 0 Å². The average molecular weight is 531 g/mol. The third-order valence-electron chi connectivity index (χ3n) is 10.6. The molecule has 0 aliphatic heterocycles. The summed E-state index contributed by atoms with van der Waals surface area (Å²) in [5.41, 5.74) is 0.826. The van der Waals surface area contributed by atoms with Gasteiger partial charge in [-0.1, -0.05) is 51.7 Å². The quantitative estimate of drug-likeness (QED) is 0.0961. The van der Waals surface area contributed by atoms with Crippen molar-refractivity contribution in [3.05, 3.63) is 11.6 Å². The topological polar surface area (TPSA) is 74.2 Å². The molecular weight excluding hydrogens is 480 g/mol. The molecule has 0 aromatic rings. The lowest BCUT2D eigenvalue weighted by Gasteiger charge is -2.59. The molecule has 38 heavy (non-hydrogen) atoms. The summed E-state index contributed by atoms with van der Waals surface area (Å²) in [5.74, 6) is 7.23. The van der Waals surface area contributed by atoms with Crippen molar-refractivity contribution in [2.75, 3.05) is 13.7 Å². The van der Waals surface area contributed by atoms with Gasteiger partial charge in [0.15, 0.2) is 12.6 Å². The van der Waals surface area contributed by atoms with Gasteiger partial charge in [0.05, 0.1) is 13.2 Å². The molecule has 9 atom stereocenters. The van der Waals surface area contributed by atoms with Crippen LogP contribution in [0.5, 0.6) is 0 Å². The number of carbonyl (C=O) groups excluding carboxylic acids is 1. The second-order valence-corrected chi connectivity index (χ2v) is 12.6. The van der Waals surface area contributed by atoms with Crippen LogP contribution in [0, 0.1) is 40.4 Å². The molecule has 6 unspecified atom stereocenters. The first-order valence-corrected chi connectivity index (χ1v) is 15.1. The third kappa shape index (κ3) is 5.46. The number of ether oxygens (including phenoxy) is 4. The van der Waals surface area contributed by atoms with Gasteiger partial charge in [-0.15, -0.1) is 0 Å². The zero-order valence-corrected chi connectivity index (χ0v) is 24.5. The molecule has 0 spiro atoms. The van der Waals surface area contributed by atoms with Crippen LogP contribution in [-0.2, 0) is 23.7 Å². The van der Waals surface area contributed by atoms with Crippen LogP contribution in [0.1, 0.15) is 105 Å². The number of esters is 1. The molecule has 0 aromatic heterocycles. The molecule has 214 valence electrons. The summed E-state index contributed by atoms with van der Waals surface area (Å²) in [5, 5.41) is 10.1. The van der Waals surface area contributed by atoms with E-state index in [9.17, 15) is 9.90 Å². The SMILES string of the molecule is CCCCOC(C)O[C@@]1(C#CC(=O)OC)CCC2C3CC=C4CC(OC(O)CC)CC[C@]4(C)C3CC[C@@]21C. The summed E-state index contributed by atoms with van der Waals surface area (Å²) in [6, 6.07) is 0. The lowest BCUT2D eigenvalue weighted by Crippen LogP contribution is -2.56. The van der Waals surface area contributed by atoms with Crippen molar-refractivity contribution in [1.82, 2.24) is 0 Å². The smallest absolute Gasteiger partial charge is 0.384 e. The summed E-state index contributed by atoms with van der Waals surface area (Å²) >= 11 is 0. The summed E-state index contributed by atoms with van der Waals surface area (Å²) in [4.78, 5) is 12.1. The number of aliphatic hydroxyl groups excluding tert-OH is 1. The Morgan fingerprint density at radius 3 is 2.63 bits per heavy atom. The molecule has 0 amide bonds. The largest absolute Gasteiger partial charge is 0.459 e. The van der Waals surface area contributed by atoms with Gasteiger partial charge in [-0.3, -0.25) is 0 Å². The lowest BCUT2D eigenvalue weighted by atomic mass is 9.47. The number of hydrogen-bond acceptors (Lipinski definition) is 6. The minimum Gasteiger partial charge on any atom is -0.459 e. The van der Waals surface area contributed by atoms with E-state index >= 15 is 0 Å². The molecular formula is C32H50O6. The summed E-state index contributed by atoms with van der Waals surface area (Å²) < 4.78 is 23.6. The van der Waals surface area contributed by atoms with Crippen molar-refractivity contribution < 1.29 is 28.8 Å². The van der Waals surface area contributed by atoms with E-state index in [-0.39, 0.29) is 23.2 Å². The Morgan fingerprint density at radius 1 is 1.16 bits per heavy atom. The molecule has 0 aromatic carbocycles. The maximum atomic E-state index is 12.1. The Kier molecular flexibility index (Phi) is 9.35. The van der Waals surface area contributed by atoms with E-state index < -0.39 is 17.9 Å². The molecule has 6 heteroatoms. The van der Waals surface area contributed by atoms with Gasteiger partial charge in [0.2, 0.25) is 0 Å². The Morgan fingerprint density at radius 2 is 1.92 bits per heavy atom. The number of methoxy groups -OCH3 is 1. The van der Waals surface area contributed by atoms with Gasteiger partial charge in [-0.2, -0.15) is 0 Å². The molecule has 4 rings (SSSR count). The molecule has 4 aliphatic carbocycles. The van der Waals surface area contributed by atoms with Crippen molar-refractivity contribution in [2.45, 2.75) is 130 Å². The second kappa shape index (κ2) is 12.0. The maximum absolute atomic E-state index is 12.1. The van der Waals surface area contributed by atoms with Crippen LogP contribution in [0.2, 0.25) is 0 Å². The first-order chi connectivity index (χ1) is 18.1. The van der Waals surface area contributed by atoms with Gasteiger partial charge in [0.1, 0.15) is 5.60 Å². The van der Waals surface area contributed by atoms with Crippen LogP contribution >= 0.6 is 0 Å². The molecule has 0 bridgehead atoms. The minimum absolute atomic E-state index is 0.116. The highest BCUT2D eigenvalue weighted by atomic mass is 16.7. The normalized spacial score (nSPS) is 39.5. The molecule has 6 nitrogen and oxygen atoms in total. The van der Waals surface area contributed by atoms with Crippen molar-refractivity contribution in [1.29, 1.82) is 0 Å². The maximum Gasteiger partial charge on any atom is 0.384 e. The number of carbonyl (C=O) groups is 1. The number of fused-ring (bicyclic) bond motifs is 5. The van der Waals surface area contributed by atoms with Crippen LogP contribution in [-0.4, -0.2) is 49.1 Å². The number of unbranched alkanes of at least 4 members (excludes halogenated alkanes) is 1. The Balaban J connectivity index is 1.58. The summed E-state index contributed by atoms with van der Waals surface area (Å²) in [7, 11) is 1.38. The minimum atomic E-state index is -0.727. The van der Waals surface area contributed by atoms with E-state index in [1.54, 1.807) is 0 Å². The number of allylic oxidation sites excluding steroid dienone is 1. The molecule has 3 saturated carbocycles. The fraction of sp³-hybridized carbons (Fsp3) is 0.844. The molecule has 1 N–H and O–H groups in total. The van der Waals surface area contributed by atoms with Gasteiger partial charge in [-0.25, -0.2) is 4.79 Å². The Hall–Kier alpha value is -1.39. The Labute approximate surface area is 230 Å². The highest BCUT2D eigenvalue weighted by molar-refractivity contribution is 5.88. The predicted molar refractivity (Wildman–Crippen MR) is 147 cm³/mol. The zero-order chi connectivity index (χ0) is 27.6. The summed E-state index contributed by atoms with van der Waals surface area (Å²) in [6.07, 6.45) is 12.4. The van der Waals surface area contributed by atoms with Crippen LogP contribution in [0.25, 0.3) is 0 Å². The number of hydrogen-bond donors (Lipinski definition) is 1. The zero-order valence-electron chi connectivity index (χ0n) is 24.5. The highest BCUT2D eigenvalue weighted by Crippen LogP contribution is 2.68. The standard InChI is InChI=1S/C32H50O6/c1-7-9-20-36-22(3)38-32(19-15-29(34)35-6)18-14-27-25-11-10-23-21-24(37-28(33)8-2)12-16-30(23,4)26(25)13-17-31(27,32)5/h10,22,24-28,33H,7-9,11-14,16-18,20-21H2,1-6H3/t22?,24?,25?,26?,27?,28?,30-,31-,32+/m0/s1. The third-order valence-corrected chi connectivity index (χ3v) is 10.6. The fourth-order valence-corrected chi connectivity index (χ4v) is 8.40. The van der Waals surface area contributed by atoms with E-state index in [1.165, 1.54) is 12.7 Å². The molecule has 0 saturated heterocycles. The van der Waals surface area contributed by atoms with Gasteiger partial charge >= 0.3 is 5.97 Å². The van der Waals surface area contributed by atoms with E-state index in [2.05, 4.69) is 38.7 Å². The van der Waals surface area contributed by atoms with Crippen molar-refractivity contribution in [2.24, 2.45) is 28.6 Å². The first kappa shape index (κ1) is 29.6. The van der Waals surface area contributed by atoms with E-state index in [0.29, 0.717) is 30.8 Å². The molecule has 4 aliphatic rings. The second-order valence-electron chi connectivity index (χ2n) is 12.6. The predicted octanol–water partition coefficient (Wildman–Crippen LogP) is 6.16. The van der Waals surface area contributed by atoms with Crippen LogP contribution in [0.4, 0.5) is 0 Å². The van der Waals surface area contributed by atoms with Crippen molar-refractivity contribution in [3.8, 4) is 11.8 Å². The Bertz CT molecular complexity index is 934. The van der Waals surface area contributed by atoms with E-state index in [1.807, 2.05) is 13.8 Å². The molecule has 0 heterocycles. The van der Waals surface area contributed by atoms with Gasteiger partial charge in [-0.05, 0) is 94.3 Å². The highest BCUT2D eigenvalue weighted by Gasteiger charge is 2.65. The van der Waals surface area contributed by atoms with Crippen LogP contribution in [0.15, 0.2) is 11.6 Å². The lowest BCUT2D eigenvalue weighted by molar-refractivity contribution is -0.223. The monoisotopic (exact) mass is 530 g/mol. The molecule has 3 fully saturated rings. The number of rotatable bonds is 9. The van der Waals surface area contributed by atoms with Gasteiger partial charge in [0, 0.05) is 17.9 Å². The van der Waals surface area contributed by atoms with Crippen LogP contribution in [0.3, 0.4) is 0 Å². The molecule has 0 radical (unpaired) electrons. The average Bonchev–Trinajstić information content (AvgIpc) is 3.19. The van der Waals surface area contributed by atoms with Crippen molar-refractivity contribution in [3.63, 3.8) is 0 Å². The first-order valence-electron chi connectivity index (χ1n) is 15.1. The van der Waals surface area contributed by atoms with E-state index in [0.717, 1.165) is 64.2 Å². The van der Waals surface area contributed by atoms with Crippen molar-refractivity contribution >= 4 is 5.97 Å². The van der Waals surface area contributed by atoms with Gasteiger partial charge in [0.25, 0.3) is 0 Å². The van der Waals surface area contributed by atoms with E-state index in [4.69, 9.17) is 18.9 Å². The van der Waals surface area contributed by atoms with Gasteiger partial charge < -0.3 is 24.1 Å². The summed E-state index contributed by atoms with van der Waals surface area (Å²) in [6.45, 7) is 11.6. The number of aliphatic hydroxyl groups is 1.